The van der Waals surface area contributed by atoms with E-state index in [-0.39, 0.29) is 0 Å². The van der Waals surface area contributed by atoms with E-state index >= 15 is 0 Å². The number of halogens is 6. The zero-order valence-corrected chi connectivity index (χ0v) is 20.5. The van der Waals surface area contributed by atoms with Gasteiger partial charge in [0.2, 0.25) is 0 Å². The molecule has 0 atom stereocenters. The average molecular weight is 524 g/mol. The minimum absolute atomic E-state index is 0.955. The van der Waals surface area contributed by atoms with Gasteiger partial charge in [0, 0.05) is 0 Å². The van der Waals surface area contributed by atoms with Crippen molar-refractivity contribution >= 4 is 37.7 Å². The van der Waals surface area contributed by atoms with Crippen molar-refractivity contribution in [3.63, 3.8) is 0 Å². The molecule has 0 bridgehead atoms. The summed E-state index contributed by atoms with van der Waals surface area (Å²) in [6.45, 7) is 3.82. The molecule has 184 valence electrons. The van der Waals surface area contributed by atoms with Crippen LogP contribution in [0.1, 0.15) is 16.7 Å². The molecule has 0 nitrogen and oxygen atoms in total. The van der Waals surface area contributed by atoms with E-state index in [0.29, 0.717) is 0 Å². The van der Waals surface area contributed by atoms with Crippen LogP contribution in [0.3, 0.4) is 0 Å². The van der Waals surface area contributed by atoms with Crippen LogP contribution in [0, 0.1) is 0 Å². The van der Waals surface area contributed by atoms with Crippen LogP contribution in [0.2, 0.25) is 0 Å². The average Bonchev–Trinajstić information content (AvgIpc) is 2.80. The SMILES string of the molecule is C=Cc1ccc(Cc2ccc([PH+](c3ccccc3)c3ccccc3)cc2)cc1.F[P-](F)(F)(F)(F)F. The summed E-state index contributed by atoms with van der Waals surface area (Å²) < 4.78 is 59.2. The van der Waals surface area contributed by atoms with Gasteiger partial charge in [-0.2, -0.15) is 0 Å². The van der Waals surface area contributed by atoms with Crippen LogP contribution in [-0.2, 0) is 6.42 Å². The van der Waals surface area contributed by atoms with Crippen molar-refractivity contribution in [1.82, 2.24) is 0 Å². The minimum atomic E-state index is -10.7. The molecule has 0 saturated heterocycles. The third-order valence-corrected chi connectivity index (χ3v) is 7.72. The fourth-order valence-electron chi connectivity index (χ4n) is 3.51. The Labute approximate surface area is 201 Å². The van der Waals surface area contributed by atoms with E-state index < -0.39 is 15.7 Å². The molecule has 0 heterocycles. The summed E-state index contributed by atoms with van der Waals surface area (Å²) in [7, 11) is -11.6. The second kappa shape index (κ2) is 9.97. The molecule has 8 heteroatoms. The molecular formula is C27H24F6P2. The zero-order chi connectivity index (χ0) is 25.6. The number of hydrogen-bond donors (Lipinski definition) is 0. The van der Waals surface area contributed by atoms with Gasteiger partial charge in [0.15, 0.2) is 0 Å². The van der Waals surface area contributed by atoms with Gasteiger partial charge in [-0.3, -0.25) is 0 Å². The molecule has 0 aliphatic heterocycles. The van der Waals surface area contributed by atoms with E-state index in [4.69, 9.17) is 0 Å². The standard InChI is InChI=1S/C27H23P.F6P/c1-2-22-13-15-23(16-14-22)21-24-17-19-27(20-18-24)28(25-9-5-3-6-10-25)26-11-7-4-8-12-26;1-7(2,3,4,5)6/h2-20H,1,21H2;/q;-1/p+1. The third kappa shape index (κ3) is 10.1. The fourth-order valence-corrected chi connectivity index (χ4v) is 6.06. The van der Waals surface area contributed by atoms with Gasteiger partial charge < -0.3 is 0 Å². The molecule has 4 aromatic carbocycles. The first-order chi connectivity index (χ1) is 16.3. The van der Waals surface area contributed by atoms with Crippen LogP contribution in [0.4, 0.5) is 25.2 Å². The van der Waals surface area contributed by atoms with Gasteiger partial charge in [0.25, 0.3) is 0 Å². The van der Waals surface area contributed by atoms with Crippen molar-refractivity contribution in [2.24, 2.45) is 0 Å². The maximum absolute atomic E-state index is 10.7. The maximum atomic E-state index is 9.87. The Balaban J connectivity index is 0.000000429. The normalized spacial score (nSPS) is 13.2. The van der Waals surface area contributed by atoms with E-state index in [1.807, 2.05) is 6.08 Å². The Morgan fingerprint density at radius 3 is 1.26 bits per heavy atom. The zero-order valence-electron chi connectivity index (χ0n) is 18.6. The molecule has 0 aliphatic rings. The summed E-state index contributed by atoms with van der Waals surface area (Å²) in [4.78, 5) is 0. The quantitative estimate of drug-likeness (QED) is 0.175. The Morgan fingerprint density at radius 1 is 0.543 bits per heavy atom. The summed E-state index contributed by atoms with van der Waals surface area (Å²) in [6, 6.07) is 39.6. The van der Waals surface area contributed by atoms with Crippen molar-refractivity contribution < 1.29 is 25.2 Å². The predicted octanol–water partition coefficient (Wildman–Crippen LogP) is 8.79. The number of hydrogen-bond acceptors (Lipinski definition) is 0. The summed E-state index contributed by atoms with van der Waals surface area (Å²) >= 11 is 0. The third-order valence-electron chi connectivity index (χ3n) is 4.99. The molecular weight excluding hydrogens is 500 g/mol. The first kappa shape index (κ1) is 26.7. The Hall–Kier alpha value is -2.94. The molecule has 0 radical (unpaired) electrons. The van der Waals surface area contributed by atoms with E-state index in [0.717, 1.165) is 12.0 Å². The van der Waals surface area contributed by atoms with Crippen molar-refractivity contribution in [3.05, 3.63) is 132 Å². The van der Waals surface area contributed by atoms with E-state index in [1.165, 1.54) is 27.0 Å². The van der Waals surface area contributed by atoms with Crippen LogP contribution in [0.5, 0.6) is 0 Å². The second-order valence-electron chi connectivity index (χ2n) is 7.88. The summed E-state index contributed by atoms with van der Waals surface area (Å²) in [5, 5.41) is 4.27. The van der Waals surface area contributed by atoms with Crippen molar-refractivity contribution in [1.29, 1.82) is 0 Å². The molecule has 0 aliphatic carbocycles. The van der Waals surface area contributed by atoms with Gasteiger partial charge in [0.05, 0.1) is 7.92 Å². The van der Waals surface area contributed by atoms with E-state index in [2.05, 4.69) is 116 Å². The van der Waals surface area contributed by atoms with Crippen molar-refractivity contribution in [2.75, 3.05) is 0 Å². The first-order valence-electron chi connectivity index (χ1n) is 10.6. The molecule has 0 fully saturated rings. The van der Waals surface area contributed by atoms with Gasteiger partial charge >= 0.3 is 33.0 Å². The Kier molecular flexibility index (Phi) is 7.59. The van der Waals surface area contributed by atoms with Crippen molar-refractivity contribution in [3.8, 4) is 0 Å². The van der Waals surface area contributed by atoms with Gasteiger partial charge in [-0.25, -0.2) is 0 Å². The summed E-state index contributed by atoms with van der Waals surface area (Å²) in [5.74, 6) is 0. The molecule has 0 saturated carbocycles. The summed E-state index contributed by atoms with van der Waals surface area (Å²) in [6.07, 6.45) is 2.84. The van der Waals surface area contributed by atoms with E-state index in [1.54, 1.807) is 0 Å². The van der Waals surface area contributed by atoms with Crippen LogP contribution in [0.25, 0.3) is 6.08 Å². The summed E-state index contributed by atoms with van der Waals surface area (Å²) in [5.41, 5.74) is 3.84. The topological polar surface area (TPSA) is 0 Å². The first-order valence-corrected chi connectivity index (χ1v) is 14.2. The monoisotopic (exact) mass is 524 g/mol. The van der Waals surface area contributed by atoms with Crippen LogP contribution in [-0.4, -0.2) is 0 Å². The molecule has 35 heavy (non-hydrogen) atoms. The van der Waals surface area contributed by atoms with Gasteiger partial charge in [-0.05, 0) is 59.5 Å². The Bertz CT molecular complexity index is 1190. The molecule has 0 unspecified atom stereocenters. The molecule has 0 spiro atoms. The van der Waals surface area contributed by atoms with Crippen LogP contribution in [0.15, 0.2) is 116 Å². The van der Waals surface area contributed by atoms with Gasteiger partial charge in [-0.1, -0.05) is 85.5 Å². The van der Waals surface area contributed by atoms with Crippen LogP contribution < -0.4 is 15.9 Å². The Morgan fingerprint density at radius 2 is 0.886 bits per heavy atom. The fraction of sp³-hybridized carbons (Fsp3) is 0.0370. The van der Waals surface area contributed by atoms with Gasteiger partial charge in [-0.15, -0.1) is 0 Å². The molecule has 4 rings (SSSR count). The predicted molar refractivity (Wildman–Crippen MR) is 139 cm³/mol. The van der Waals surface area contributed by atoms with Crippen LogP contribution >= 0.6 is 15.7 Å². The number of benzene rings is 4. The molecule has 4 aromatic rings. The van der Waals surface area contributed by atoms with Crippen molar-refractivity contribution in [2.45, 2.75) is 6.42 Å². The van der Waals surface area contributed by atoms with Gasteiger partial charge in [0.1, 0.15) is 15.9 Å². The second-order valence-corrected chi connectivity index (χ2v) is 12.3. The molecule has 0 aromatic heterocycles. The number of rotatable bonds is 6. The van der Waals surface area contributed by atoms with E-state index in [9.17, 15) is 25.2 Å². The molecule has 0 amide bonds. The molecule has 0 N–H and O–H groups in total.